The van der Waals surface area contributed by atoms with Gasteiger partial charge in [0.2, 0.25) is 0 Å². The molecule has 7 heteroatoms. The summed E-state index contributed by atoms with van der Waals surface area (Å²) in [7, 11) is 1.22. The number of Topliss-reactive ketones (excluding diaryl/α,β-unsaturated/α-hetero) is 1. The lowest BCUT2D eigenvalue weighted by Gasteiger charge is -2.13. The van der Waals surface area contributed by atoms with Crippen molar-refractivity contribution >= 4 is 17.6 Å². The van der Waals surface area contributed by atoms with Gasteiger partial charge in [0.25, 0.3) is 0 Å². The Hall–Kier alpha value is -2.83. The van der Waals surface area contributed by atoms with Crippen LogP contribution < -0.4 is 5.32 Å². The highest BCUT2D eigenvalue weighted by Gasteiger charge is 2.19. The molecule has 0 radical (unpaired) electrons. The lowest BCUT2D eigenvalue weighted by atomic mass is 9.96. The van der Waals surface area contributed by atoms with Gasteiger partial charge in [-0.25, -0.2) is 18.0 Å². The fourth-order valence-corrected chi connectivity index (χ4v) is 2.41. The van der Waals surface area contributed by atoms with Gasteiger partial charge in [0.1, 0.15) is 17.5 Å². The summed E-state index contributed by atoms with van der Waals surface area (Å²) in [6, 6.07) is 4.15. The molecule has 1 N–H and O–H groups in total. The Labute approximate surface area is 142 Å². The van der Waals surface area contributed by atoms with Crippen molar-refractivity contribution in [2.75, 3.05) is 12.4 Å². The molecule has 2 aromatic carbocycles. The molecule has 4 nitrogen and oxygen atoms in total. The molecule has 0 aliphatic heterocycles. The van der Waals surface area contributed by atoms with E-state index in [1.54, 1.807) is 19.9 Å². The molecule has 2 rings (SSSR count). The highest BCUT2D eigenvalue weighted by molar-refractivity contribution is 6.00. The molecule has 0 aliphatic carbocycles. The summed E-state index contributed by atoms with van der Waals surface area (Å²) in [5.74, 6) is -3.78. The van der Waals surface area contributed by atoms with E-state index in [2.05, 4.69) is 10.1 Å². The van der Waals surface area contributed by atoms with Crippen molar-refractivity contribution in [1.82, 2.24) is 0 Å². The van der Waals surface area contributed by atoms with Gasteiger partial charge in [-0.05, 0) is 37.1 Å². The van der Waals surface area contributed by atoms with E-state index in [-0.39, 0.29) is 5.56 Å². The summed E-state index contributed by atoms with van der Waals surface area (Å²) in [6.45, 7) is 3.30. The number of amides is 1. The first-order chi connectivity index (χ1) is 11.7. The Morgan fingerprint density at radius 2 is 1.60 bits per heavy atom. The van der Waals surface area contributed by atoms with Crippen molar-refractivity contribution in [2.24, 2.45) is 0 Å². The second kappa shape index (κ2) is 7.38. The van der Waals surface area contributed by atoms with Crippen LogP contribution in [0.15, 0.2) is 24.3 Å². The molecule has 0 spiro atoms. The van der Waals surface area contributed by atoms with Gasteiger partial charge < -0.3 is 4.74 Å². The number of ketones is 1. The predicted molar refractivity (Wildman–Crippen MR) is 86.3 cm³/mol. The molecule has 2 aromatic rings. The molecule has 0 bridgehead atoms. The number of nitrogens with one attached hydrogen (secondary N) is 1. The van der Waals surface area contributed by atoms with Crippen molar-refractivity contribution in [3.63, 3.8) is 0 Å². The molecule has 0 atom stereocenters. The predicted octanol–water partition coefficient (Wildman–Crippen LogP) is 4.32. The zero-order chi connectivity index (χ0) is 18.7. The molecular formula is C18H16F3NO3. The summed E-state index contributed by atoms with van der Waals surface area (Å²) in [6.07, 6.45) is -1.20. The van der Waals surface area contributed by atoms with Crippen LogP contribution in [0, 0.1) is 31.3 Å². The topological polar surface area (TPSA) is 55.4 Å². The maximum absolute atomic E-state index is 13.7. The van der Waals surface area contributed by atoms with Gasteiger partial charge in [-0.2, -0.15) is 0 Å². The average molecular weight is 351 g/mol. The number of rotatable bonds is 4. The molecule has 0 saturated heterocycles. The SMILES string of the molecule is COC(=O)Nc1cc(C)c(C(=O)Cc2c(F)cc(F)cc2F)cc1C. The van der Waals surface area contributed by atoms with E-state index in [1.165, 1.54) is 13.2 Å². The molecule has 0 aliphatic rings. The van der Waals surface area contributed by atoms with Crippen molar-refractivity contribution in [3.8, 4) is 0 Å². The molecule has 0 fully saturated rings. The van der Waals surface area contributed by atoms with E-state index in [0.717, 1.165) is 0 Å². The summed E-state index contributed by atoms with van der Waals surface area (Å²) in [5, 5.41) is 2.51. The molecular weight excluding hydrogens is 335 g/mol. The third kappa shape index (κ3) is 4.17. The van der Waals surface area contributed by atoms with Gasteiger partial charge in [0.05, 0.1) is 7.11 Å². The van der Waals surface area contributed by atoms with Crippen molar-refractivity contribution in [3.05, 3.63) is 64.0 Å². The second-order valence-electron chi connectivity index (χ2n) is 5.55. The van der Waals surface area contributed by atoms with Gasteiger partial charge in [-0.3, -0.25) is 10.1 Å². The number of hydrogen-bond donors (Lipinski definition) is 1. The van der Waals surface area contributed by atoms with E-state index in [0.29, 0.717) is 28.9 Å². The van der Waals surface area contributed by atoms with Crippen LogP contribution in [0.4, 0.5) is 23.7 Å². The molecule has 132 valence electrons. The highest BCUT2D eigenvalue weighted by atomic mass is 19.1. The molecule has 0 aromatic heterocycles. The van der Waals surface area contributed by atoms with Crippen LogP contribution >= 0.6 is 0 Å². The van der Waals surface area contributed by atoms with Crippen LogP contribution in [-0.2, 0) is 11.2 Å². The van der Waals surface area contributed by atoms with Crippen molar-refractivity contribution < 1.29 is 27.5 Å². The summed E-state index contributed by atoms with van der Waals surface area (Å²) < 4.78 is 44.9. The maximum Gasteiger partial charge on any atom is 0.411 e. The minimum atomic E-state index is -1.11. The van der Waals surface area contributed by atoms with E-state index in [4.69, 9.17) is 0 Å². The monoisotopic (exact) mass is 351 g/mol. The van der Waals surface area contributed by atoms with Gasteiger partial charge >= 0.3 is 6.09 Å². The zero-order valence-electron chi connectivity index (χ0n) is 13.9. The van der Waals surface area contributed by atoms with Crippen LogP contribution in [0.2, 0.25) is 0 Å². The third-order valence-corrected chi connectivity index (χ3v) is 3.74. The fraction of sp³-hybridized carbons (Fsp3) is 0.222. The van der Waals surface area contributed by atoms with Crippen LogP contribution in [0.3, 0.4) is 0 Å². The lowest BCUT2D eigenvalue weighted by Crippen LogP contribution is -2.14. The average Bonchev–Trinajstić information content (AvgIpc) is 2.53. The van der Waals surface area contributed by atoms with Crippen LogP contribution in [-0.4, -0.2) is 19.0 Å². The molecule has 0 heterocycles. The number of anilines is 1. The molecule has 0 saturated carbocycles. The Balaban J connectivity index is 2.31. The third-order valence-electron chi connectivity index (χ3n) is 3.74. The molecule has 1 amide bonds. The van der Waals surface area contributed by atoms with Crippen molar-refractivity contribution in [1.29, 1.82) is 0 Å². The summed E-state index contributed by atoms with van der Waals surface area (Å²) >= 11 is 0. The number of carbonyl (C=O) groups is 2. The van der Waals surface area contributed by atoms with Crippen LogP contribution in [0.25, 0.3) is 0 Å². The molecule has 25 heavy (non-hydrogen) atoms. The minimum absolute atomic E-state index is 0.260. The largest absolute Gasteiger partial charge is 0.453 e. The Kier molecular flexibility index (Phi) is 5.46. The van der Waals surface area contributed by atoms with Gasteiger partial charge in [0.15, 0.2) is 5.78 Å². The van der Waals surface area contributed by atoms with Crippen LogP contribution in [0.1, 0.15) is 27.0 Å². The number of carbonyl (C=O) groups excluding carboxylic acids is 2. The van der Waals surface area contributed by atoms with Gasteiger partial charge in [0, 0.05) is 35.4 Å². The van der Waals surface area contributed by atoms with E-state index in [9.17, 15) is 22.8 Å². The smallest absolute Gasteiger partial charge is 0.411 e. The lowest BCUT2D eigenvalue weighted by molar-refractivity contribution is 0.0989. The molecule has 0 unspecified atom stereocenters. The number of hydrogen-bond acceptors (Lipinski definition) is 3. The number of benzene rings is 2. The Morgan fingerprint density at radius 1 is 1.00 bits per heavy atom. The normalized spacial score (nSPS) is 10.5. The first kappa shape index (κ1) is 18.5. The Bertz CT molecular complexity index is 827. The van der Waals surface area contributed by atoms with Gasteiger partial charge in [-0.15, -0.1) is 0 Å². The number of ether oxygens (including phenoxy) is 1. The van der Waals surface area contributed by atoms with Gasteiger partial charge in [-0.1, -0.05) is 0 Å². The second-order valence-corrected chi connectivity index (χ2v) is 5.55. The number of aryl methyl sites for hydroxylation is 2. The van der Waals surface area contributed by atoms with Crippen LogP contribution in [0.5, 0.6) is 0 Å². The number of methoxy groups -OCH3 is 1. The summed E-state index contributed by atoms with van der Waals surface area (Å²) in [5.41, 5.74) is 1.33. The zero-order valence-corrected chi connectivity index (χ0v) is 13.9. The van der Waals surface area contributed by atoms with Crippen molar-refractivity contribution in [2.45, 2.75) is 20.3 Å². The first-order valence-electron chi connectivity index (χ1n) is 7.35. The summed E-state index contributed by atoms with van der Waals surface area (Å²) in [4.78, 5) is 23.7. The minimum Gasteiger partial charge on any atom is -0.453 e. The number of halogens is 3. The van der Waals surface area contributed by atoms with E-state index >= 15 is 0 Å². The standard InChI is InChI=1S/C18H16F3NO3/c1-9-5-16(22-18(24)25-3)10(2)4-12(9)17(23)8-13-14(20)6-11(19)7-15(13)21/h4-7H,8H2,1-3H3,(H,22,24). The maximum atomic E-state index is 13.7. The Morgan fingerprint density at radius 3 is 2.16 bits per heavy atom. The first-order valence-corrected chi connectivity index (χ1v) is 7.35. The highest BCUT2D eigenvalue weighted by Crippen LogP contribution is 2.24. The quantitative estimate of drug-likeness (QED) is 0.835. The fourth-order valence-electron chi connectivity index (χ4n) is 2.41. The van der Waals surface area contributed by atoms with E-state index in [1.807, 2.05) is 0 Å². The van der Waals surface area contributed by atoms with E-state index < -0.39 is 41.3 Å².